The largest absolute Gasteiger partial charge is 0.416 e. The number of fused-ring (bicyclic) bond motifs is 1. The van der Waals surface area contributed by atoms with E-state index in [9.17, 15) is 26.7 Å². The fraction of sp³-hybridized carbons (Fsp3) is 0.111. The molecule has 0 aliphatic carbocycles. The number of halogens is 5. The molecule has 0 saturated heterocycles. The van der Waals surface area contributed by atoms with Gasteiger partial charge in [0.1, 0.15) is 11.6 Å². The van der Waals surface area contributed by atoms with Gasteiger partial charge < -0.3 is 4.57 Å². The Hall–Kier alpha value is -3.21. The molecule has 0 atom stereocenters. The molecular weight excluding hydrogens is 355 g/mol. The molecule has 0 saturated carbocycles. The van der Waals surface area contributed by atoms with Gasteiger partial charge in [0.25, 0.3) is 0 Å². The zero-order chi connectivity index (χ0) is 19.1. The molecule has 0 aliphatic rings. The highest BCUT2D eigenvalue weighted by molar-refractivity contribution is 5.80. The Morgan fingerprint density at radius 1 is 1.08 bits per heavy atom. The minimum absolute atomic E-state index is 0.0229. The Bertz CT molecular complexity index is 1110. The summed E-state index contributed by atoms with van der Waals surface area (Å²) in [6.07, 6.45) is -3.42. The van der Waals surface area contributed by atoms with Gasteiger partial charge in [0.2, 0.25) is 5.43 Å². The van der Waals surface area contributed by atoms with Crippen LogP contribution in [0.1, 0.15) is 16.7 Å². The van der Waals surface area contributed by atoms with Crippen molar-refractivity contribution in [1.82, 2.24) is 4.57 Å². The summed E-state index contributed by atoms with van der Waals surface area (Å²) in [4.78, 5) is 12.1. The maximum absolute atomic E-state index is 13.6. The maximum Gasteiger partial charge on any atom is 0.416 e. The van der Waals surface area contributed by atoms with Crippen LogP contribution >= 0.6 is 0 Å². The molecule has 3 aromatic rings. The molecule has 0 spiro atoms. The molecule has 0 bridgehead atoms. The fourth-order valence-corrected chi connectivity index (χ4v) is 2.64. The van der Waals surface area contributed by atoms with Crippen molar-refractivity contribution in [2.45, 2.75) is 12.7 Å². The molecule has 26 heavy (non-hydrogen) atoms. The number of nitriles is 1. The van der Waals surface area contributed by atoms with Crippen LogP contribution in [0.3, 0.4) is 0 Å². The molecule has 1 aromatic heterocycles. The molecule has 0 fully saturated rings. The Morgan fingerprint density at radius 3 is 2.42 bits per heavy atom. The lowest BCUT2D eigenvalue weighted by Crippen LogP contribution is -2.15. The third-order valence-corrected chi connectivity index (χ3v) is 3.85. The summed E-state index contributed by atoms with van der Waals surface area (Å²) >= 11 is 0. The molecule has 0 unspecified atom stereocenters. The number of aromatic nitrogens is 1. The van der Waals surface area contributed by atoms with Crippen molar-refractivity contribution in [2.75, 3.05) is 0 Å². The van der Waals surface area contributed by atoms with E-state index in [2.05, 4.69) is 0 Å². The van der Waals surface area contributed by atoms with Gasteiger partial charge in [-0.3, -0.25) is 4.79 Å². The number of hydrogen-bond donors (Lipinski definition) is 0. The summed E-state index contributed by atoms with van der Waals surface area (Å²) < 4.78 is 66.9. The van der Waals surface area contributed by atoms with Gasteiger partial charge in [0.15, 0.2) is 11.6 Å². The molecule has 8 heteroatoms. The van der Waals surface area contributed by atoms with Crippen LogP contribution in [0.25, 0.3) is 10.9 Å². The molecule has 0 N–H and O–H groups in total. The molecule has 1 heterocycles. The normalized spacial score (nSPS) is 11.5. The lowest BCUT2D eigenvalue weighted by atomic mass is 10.1. The molecule has 3 nitrogen and oxygen atoms in total. The number of benzene rings is 2. The SMILES string of the molecule is N#Cc1cn(Cc2cccc(C(F)(F)F)c2)c2cc(F)c(F)cc2c1=O. The number of hydrogen-bond acceptors (Lipinski definition) is 2. The van der Waals surface area contributed by atoms with Crippen LogP contribution in [0.2, 0.25) is 0 Å². The molecular formula is C18H9F5N2O. The number of pyridine rings is 1. The van der Waals surface area contributed by atoms with Crippen molar-refractivity contribution in [3.8, 4) is 6.07 Å². The van der Waals surface area contributed by atoms with Gasteiger partial charge in [-0.05, 0) is 23.8 Å². The van der Waals surface area contributed by atoms with E-state index in [4.69, 9.17) is 5.26 Å². The summed E-state index contributed by atoms with van der Waals surface area (Å²) in [5, 5.41) is 8.84. The molecule has 132 valence electrons. The van der Waals surface area contributed by atoms with E-state index in [1.807, 2.05) is 0 Å². The number of alkyl halides is 3. The standard InChI is InChI=1S/C18H9F5N2O/c19-14-5-13-16(6-15(14)20)25(9-11(7-24)17(13)26)8-10-2-1-3-12(4-10)18(21,22)23/h1-6,9H,8H2. The first-order chi connectivity index (χ1) is 12.2. The quantitative estimate of drug-likeness (QED) is 0.639. The zero-order valence-electron chi connectivity index (χ0n) is 12.9. The lowest BCUT2D eigenvalue weighted by molar-refractivity contribution is -0.137. The van der Waals surface area contributed by atoms with Gasteiger partial charge in [0.05, 0.1) is 16.5 Å². The smallest absolute Gasteiger partial charge is 0.341 e. The maximum atomic E-state index is 13.6. The third kappa shape index (κ3) is 3.16. The van der Waals surface area contributed by atoms with E-state index in [1.165, 1.54) is 16.7 Å². The van der Waals surface area contributed by atoms with Crippen LogP contribution < -0.4 is 5.43 Å². The monoisotopic (exact) mass is 364 g/mol. The van der Waals surface area contributed by atoms with Gasteiger partial charge in [0, 0.05) is 18.8 Å². The van der Waals surface area contributed by atoms with E-state index >= 15 is 0 Å². The van der Waals surface area contributed by atoms with Gasteiger partial charge in [-0.1, -0.05) is 12.1 Å². The predicted octanol–water partition coefficient (Wildman–Crippen LogP) is 4.22. The topological polar surface area (TPSA) is 45.8 Å². The van der Waals surface area contributed by atoms with Crippen molar-refractivity contribution in [1.29, 1.82) is 5.26 Å². The number of nitrogens with zero attached hydrogens (tertiary/aromatic N) is 2. The van der Waals surface area contributed by atoms with Crippen LogP contribution in [-0.2, 0) is 12.7 Å². The highest BCUT2D eigenvalue weighted by Crippen LogP contribution is 2.30. The second-order valence-corrected chi connectivity index (χ2v) is 5.59. The van der Waals surface area contributed by atoms with Gasteiger partial charge in [-0.2, -0.15) is 18.4 Å². The minimum Gasteiger partial charge on any atom is -0.341 e. The van der Waals surface area contributed by atoms with Crippen molar-refractivity contribution < 1.29 is 22.0 Å². The van der Waals surface area contributed by atoms with Crippen molar-refractivity contribution in [3.05, 3.63) is 81.1 Å². The predicted molar refractivity (Wildman–Crippen MR) is 83.4 cm³/mol. The molecule has 0 amide bonds. The fourth-order valence-electron chi connectivity index (χ4n) is 2.64. The molecule has 3 rings (SSSR count). The lowest BCUT2D eigenvalue weighted by Gasteiger charge is -2.14. The van der Waals surface area contributed by atoms with E-state index < -0.39 is 28.8 Å². The average molecular weight is 364 g/mol. The van der Waals surface area contributed by atoms with Crippen LogP contribution in [0, 0.1) is 23.0 Å². The van der Waals surface area contributed by atoms with Crippen molar-refractivity contribution in [2.24, 2.45) is 0 Å². The summed E-state index contributed by atoms with van der Waals surface area (Å²) in [7, 11) is 0. The van der Waals surface area contributed by atoms with Gasteiger partial charge in [-0.25, -0.2) is 8.78 Å². The van der Waals surface area contributed by atoms with Crippen LogP contribution in [0.4, 0.5) is 22.0 Å². The van der Waals surface area contributed by atoms with E-state index in [-0.39, 0.29) is 28.6 Å². The van der Waals surface area contributed by atoms with Crippen LogP contribution in [-0.4, -0.2) is 4.57 Å². The summed E-state index contributed by atoms with van der Waals surface area (Å²) in [6, 6.07) is 7.57. The van der Waals surface area contributed by atoms with Gasteiger partial charge >= 0.3 is 6.18 Å². The Labute approximate surface area is 143 Å². The molecule has 0 aliphatic heterocycles. The zero-order valence-corrected chi connectivity index (χ0v) is 12.9. The highest BCUT2D eigenvalue weighted by atomic mass is 19.4. The first-order valence-corrected chi connectivity index (χ1v) is 7.29. The molecule has 0 radical (unpaired) electrons. The third-order valence-electron chi connectivity index (χ3n) is 3.85. The van der Waals surface area contributed by atoms with Crippen molar-refractivity contribution in [3.63, 3.8) is 0 Å². The molecule has 2 aromatic carbocycles. The van der Waals surface area contributed by atoms with E-state index in [0.29, 0.717) is 6.07 Å². The Kier molecular flexibility index (Phi) is 4.24. The van der Waals surface area contributed by atoms with Crippen molar-refractivity contribution >= 4 is 10.9 Å². The number of rotatable bonds is 2. The highest BCUT2D eigenvalue weighted by Gasteiger charge is 2.30. The van der Waals surface area contributed by atoms with E-state index in [1.54, 1.807) is 6.07 Å². The first kappa shape index (κ1) is 17.6. The minimum atomic E-state index is -4.53. The Morgan fingerprint density at radius 2 is 1.77 bits per heavy atom. The first-order valence-electron chi connectivity index (χ1n) is 7.29. The summed E-state index contributed by atoms with van der Waals surface area (Å²) in [5.41, 5.74) is -1.76. The van der Waals surface area contributed by atoms with E-state index in [0.717, 1.165) is 24.4 Å². The van der Waals surface area contributed by atoms with Gasteiger partial charge in [-0.15, -0.1) is 0 Å². The van der Waals surface area contributed by atoms with Crippen LogP contribution in [0.15, 0.2) is 47.4 Å². The second kappa shape index (κ2) is 6.26. The average Bonchev–Trinajstić information content (AvgIpc) is 2.58. The summed E-state index contributed by atoms with van der Waals surface area (Å²) in [5.74, 6) is -2.46. The summed E-state index contributed by atoms with van der Waals surface area (Å²) in [6.45, 7) is -0.166. The van der Waals surface area contributed by atoms with Crippen LogP contribution in [0.5, 0.6) is 0 Å². The Balaban J connectivity index is 2.20. The second-order valence-electron chi connectivity index (χ2n) is 5.59.